The van der Waals surface area contributed by atoms with E-state index in [-0.39, 0.29) is 12.5 Å². The van der Waals surface area contributed by atoms with Crippen molar-refractivity contribution in [3.05, 3.63) is 28.8 Å². The molecule has 96 valence electrons. The van der Waals surface area contributed by atoms with E-state index in [4.69, 9.17) is 22.4 Å². The topological polar surface area (TPSA) is 83.6 Å². The highest BCUT2D eigenvalue weighted by Crippen LogP contribution is 2.24. The summed E-state index contributed by atoms with van der Waals surface area (Å²) in [5, 5.41) is 9.18. The molecule has 6 heteroatoms. The molecule has 1 saturated heterocycles. The van der Waals surface area contributed by atoms with Gasteiger partial charge in [-0.3, -0.25) is 9.59 Å². The zero-order valence-corrected chi connectivity index (χ0v) is 10.4. The van der Waals surface area contributed by atoms with E-state index in [9.17, 15) is 9.59 Å². The number of amides is 1. The van der Waals surface area contributed by atoms with Crippen LogP contribution in [-0.2, 0) is 4.79 Å². The van der Waals surface area contributed by atoms with Crippen LogP contribution in [-0.4, -0.2) is 35.0 Å². The highest BCUT2D eigenvalue weighted by Gasteiger charge is 2.31. The molecule has 3 N–H and O–H groups in total. The van der Waals surface area contributed by atoms with Crippen molar-refractivity contribution in [3.8, 4) is 0 Å². The molecule has 0 radical (unpaired) electrons. The number of hydrogen-bond donors (Lipinski definition) is 2. The van der Waals surface area contributed by atoms with Gasteiger partial charge < -0.3 is 15.7 Å². The van der Waals surface area contributed by atoms with Crippen molar-refractivity contribution < 1.29 is 14.7 Å². The number of nitrogens with two attached hydrogens (primary N) is 1. The lowest BCUT2D eigenvalue weighted by Crippen LogP contribution is -2.30. The van der Waals surface area contributed by atoms with Crippen molar-refractivity contribution in [1.29, 1.82) is 0 Å². The van der Waals surface area contributed by atoms with E-state index in [0.29, 0.717) is 29.2 Å². The van der Waals surface area contributed by atoms with Crippen LogP contribution in [0.1, 0.15) is 16.8 Å². The van der Waals surface area contributed by atoms with E-state index in [1.165, 1.54) is 11.0 Å². The minimum absolute atomic E-state index is 0.231. The smallest absolute Gasteiger partial charge is 0.308 e. The van der Waals surface area contributed by atoms with Gasteiger partial charge in [-0.25, -0.2) is 0 Å². The van der Waals surface area contributed by atoms with Crippen molar-refractivity contribution >= 4 is 29.2 Å². The van der Waals surface area contributed by atoms with Crippen LogP contribution in [0.3, 0.4) is 0 Å². The van der Waals surface area contributed by atoms with Gasteiger partial charge in [0.05, 0.1) is 16.5 Å². The van der Waals surface area contributed by atoms with Gasteiger partial charge in [0.2, 0.25) is 0 Å². The number of aliphatic carboxylic acids is 1. The molecule has 1 amide bonds. The molecule has 5 nitrogen and oxygen atoms in total. The molecule has 1 aromatic carbocycles. The Kier molecular flexibility index (Phi) is 3.43. The maximum absolute atomic E-state index is 12.2. The summed E-state index contributed by atoms with van der Waals surface area (Å²) >= 11 is 5.96. The van der Waals surface area contributed by atoms with Crippen molar-refractivity contribution in [2.45, 2.75) is 6.42 Å². The molecule has 1 heterocycles. The Morgan fingerprint density at radius 2 is 2.17 bits per heavy atom. The normalized spacial score (nSPS) is 18.9. The second kappa shape index (κ2) is 4.86. The first-order chi connectivity index (χ1) is 8.49. The van der Waals surface area contributed by atoms with Crippen LogP contribution >= 0.6 is 11.6 Å². The van der Waals surface area contributed by atoms with E-state index in [1.807, 2.05) is 0 Å². The van der Waals surface area contributed by atoms with E-state index >= 15 is 0 Å². The number of carbonyl (C=O) groups is 2. The summed E-state index contributed by atoms with van der Waals surface area (Å²) in [6.45, 7) is 0.672. The Morgan fingerprint density at radius 3 is 2.72 bits per heavy atom. The van der Waals surface area contributed by atoms with Gasteiger partial charge in [0, 0.05) is 18.8 Å². The molecule has 0 spiro atoms. The Morgan fingerprint density at radius 1 is 1.44 bits per heavy atom. The van der Waals surface area contributed by atoms with Gasteiger partial charge in [-0.2, -0.15) is 0 Å². The number of halogens is 1. The number of benzene rings is 1. The maximum atomic E-state index is 12.2. The summed E-state index contributed by atoms with van der Waals surface area (Å²) in [5.41, 5.74) is 6.40. The summed E-state index contributed by atoms with van der Waals surface area (Å²) < 4.78 is 0. The van der Waals surface area contributed by atoms with Gasteiger partial charge in [-0.15, -0.1) is 0 Å². The summed E-state index contributed by atoms with van der Waals surface area (Å²) in [5.74, 6) is -1.60. The lowest BCUT2D eigenvalue weighted by atomic mass is 10.1. The number of rotatable bonds is 2. The number of carboxylic acids is 1. The van der Waals surface area contributed by atoms with Crippen LogP contribution in [0, 0.1) is 5.92 Å². The third-order valence-electron chi connectivity index (χ3n) is 3.05. The molecule has 18 heavy (non-hydrogen) atoms. The number of anilines is 1. The Balaban J connectivity index is 2.15. The average molecular weight is 269 g/mol. The van der Waals surface area contributed by atoms with Crippen molar-refractivity contribution in [3.63, 3.8) is 0 Å². The fourth-order valence-electron chi connectivity index (χ4n) is 2.02. The number of hydrogen-bond acceptors (Lipinski definition) is 3. The molecule has 0 aromatic heterocycles. The van der Waals surface area contributed by atoms with E-state index < -0.39 is 11.9 Å². The number of carboxylic acid groups (broad SMARTS) is 1. The minimum atomic E-state index is -0.867. The molecule has 1 aliphatic heterocycles. The highest BCUT2D eigenvalue weighted by molar-refractivity contribution is 6.34. The highest BCUT2D eigenvalue weighted by atomic mass is 35.5. The van der Waals surface area contributed by atoms with Crippen LogP contribution < -0.4 is 5.73 Å². The zero-order valence-electron chi connectivity index (χ0n) is 9.60. The maximum Gasteiger partial charge on any atom is 0.308 e. The van der Waals surface area contributed by atoms with Crippen LogP contribution in [0.25, 0.3) is 0 Å². The van der Waals surface area contributed by atoms with Gasteiger partial charge in [0.25, 0.3) is 5.91 Å². The average Bonchev–Trinajstić information content (AvgIpc) is 2.77. The number of nitrogens with zero attached hydrogens (tertiary/aromatic N) is 1. The molecule has 1 unspecified atom stereocenters. The molecule has 0 saturated carbocycles. The number of nitrogen functional groups attached to an aromatic ring is 1. The van der Waals surface area contributed by atoms with E-state index in [1.54, 1.807) is 12.1 Å². The van der Waals surface area contributed by atoms with Crippen LogP contribution in [0.2, 0.25) is 5.02 Å². The van der Waals surface area contributed by atoms with Gasteiger partial charge in [-0.05, 0) is 24.6 Å². The van der Waals surface area contributed by atoms with Gasteiger partial charge in [0.15, 0.2) is 0 Å². The van der Waals surface area contributed by atoms with Crippen LogP contribution in [0.4, 0.5) is 5.69 Å². The minimum Gasteiger partial charge on any atom is -0.481 e. The van der Waals surface area contributed by atoms with Crippen LogP contribution in [0.15, 0.2) is 18.2 Å². The van der Waals surface area contributed by atoms with E-state index in [2.05, 4.69) is 0 Å². The predicted molar refractivity (Wildman–Crippen MR) is 67.5 cm³/mol. The Bertz CT molecular complexity index is 504. The number of likely N-dealkylation sites (tertiary alicyclic amines) is 1. The van der Waals surface area contributed by atoms with Crippen LogP contribution in [0.5, 0.6) is 0 Å². The van der Waals surface area contributed by atoms with Crippen molar-refractivity contribution in [2.24, 2.45) is 5.92 Å². The Labute approximate surface area is 109 Å². The summed E-state index contributed by atoms with van der Waals surface area (Å²) in [4.78, 5) is 24.5. The third-order valence-corrected chi connectivity index (χ3v) is 3.36. The standard InChI is InChI=1S/C12H13ClN2O3/c13-10-5-8(14)1-2-9(10)11(16)15-4-3-7(6-15)12(17)18/h1-2,5,7H,3-4,6,14H2,(H,17,18). The molecule has 1 aromatic rings. The van der Waals surface area contributed by atoms with Crippen molar-refractivity contribution in [2.75, 3.05) is 18.8 Å². The molecular formula is C12H13ClN2O3. The first-order valence-electron chi connectivity index (χ1n) is 5.56. The molecule has 2 rings (SSSR count). The van der Waals surface area contributed by atoms with Gasteiger partial charge in [-0.1, -0.05) is 11.6 Å². The molecule has 1 fully saturated rings. The fourth-order valence-corrected chi connectivity index (χ4v) is 2.29. The fraction of sp³-hybridized carbons (Fsp3) is 0.333. The lowest BCUT2D eigenvalue weighted by molar-refractivity contribution is -0.141. The first kappa shape index (κ1) is 12.7. The second-order valence-electron chi connectivity index (χ2n) is 4.31. The van der Waals surface area contributed by atoms with Gasteiger partial charge in [0.1, 0.15) is 0 Å². The summed E-state index contributed by atoms with van der Waals surface area (Å²) in [7, 11) is 0. The lowest BCUT2D eigenvalue weighted by Gasteiger charge is -2.16. The molecule has 1 atom stereocenters. The molecule has 0 bridgehead atoms. The third kappa shape index (κ3) is 2.41. The summed E-state index contributed by atoms with van der Waals surface area (Å²) in [6.07, 6.45) is 0.480. The first-order valence-corrected chi connectivity index (χ1v) is 5.94. The SMILES string of the molecule is Nc1ccc(C(=O)N2CCC(C(=O)O)C2)c(Cl)c1. The monoisotopic (exact) mass is 268 g/mol. The molecule has 0 aliphatic carbocycles. The second-order valence-corrected chi connectivity index (χ2v) is 4.72. The van der Waals surface area contributed by atoms with E-state index in [0.717, 1.165) is 0 Å². The van der Waals surface area contributed by atoms with Crippen molar-refractivity contribution in [1.82, 2.24) is 4.90 Å². The zero-order chi connectivity index (χ0) is 13.3. The molecule has 1 aliphatic rings. The Hall–Kier alpha value is -1.75. The number of carbonyl (C=O) groups excluding carboxylic acids is 1. The summed E-state index contributed by atoms with van der Waals surface area (Å²) in [6, 6.07) is 4.68. The predicted octanol–water partition coefficient (Wildman–Crippen LogP) is 1.47. The molecular weight excluding hydrogens is 256 g/mol. The largest absolute Gasteiger partial charge is 0.481 e. The quantitative estimate of drug-likeness (QED) is 0.796. The van der Waals surface area contributed by atoms with Gasteiger partial charge >= 0.3 is 5.97 Å².